The molecule has 0 unspecified atom stereocenters. The first kappa shape index (κ1) is 12.2. The van der Waals surface area contributed by atoms with Crippen LogP contribution in [0.4, 0.5) is 0 Å². The molecule has 0 aromatic carbocycles. The van der Waals surface area contributed by atoms with Crippen molar-refractivity contribution in [1.29, 1.82) is 0 Å². The van der Waals surface area contributed by atoms with Crippen LogP contribution in [0.1, 0.15) is 46.5 Å². The lowest BCUT2D eigenvalue weighted by Gasteiger charge is -1.97. The van der Waals surface area contributed by atoms with Gasteiger partial charge in [-0.05, 0) is 19.8 Å². The van der Waals surface area contributed by atoms with Gasteiger partial charge in [0.15, 0.2) is 0 Å². The van der Waals surface area contributed by atoms with Gasteiger partial charge < -0.3 is 0 Å². The Bertz CT molecular complexity index is 194. The highest BCUT2D eigenvalue weighted by Crippen LogP contribution is 2.08. The number of allylic oxidation sites excluding steroid dienone is 5. The van der Waals surface area contributed by atoms with Gasteiger partial charge in [-0.3, -0.25) is 0 Å². The maximum absolute atomic E-state index is 4.00. The highest BCUT2D eigenvalue weighted by molar-refractivity contribution is 5.26. The van der Waals surface area contributed by atoms with E-state index in [0.29, 0.717) is 0 Å². The molecule has 13 heavy (non-hydrogen) atoms. The first-order valence-corrected chi connectivity index (χ1v) is 5.23. The van der Waals surface area contributed by atoms with Crippen molar-refractivity contribution >= 4 is 0 Å². The molecule has 0 aliphatic heterocycles. The Morgan fingerprint density at radius 1 is 1.23 bits per heavy atom. The van der Waals surface area contributed by atoms with Crippen molar-refractivity contribution in [3.05, 3.63) is 36.0 Å². The van der Waals surface area contributed by atoms with Crippen molar-refractivity contribution in [2.75, 3.05) is 0 Å². The predicted molar refractivity (Wildman–Crippen MR) is 61.9 cm³/mol. The van der Waals surface area contributed by atoms with Crippen LogP contribution in [0.25, 0.3) is 0 Å². The van der Waals surface area contributed by atoms with E-state index in [9.17, 15) is 0 Å². The summed E-state index contributed by atoms with van der Waals surface area (Å²) in [6, 6.07) is 0. The van der Waals surface area contributed by atoms with Crippen LogP contribution in [-0.4, -0.2) is 0 Å². The molecule has 0 N–H and O–H groups in total. The van der Waals surface area contributed by atoms with Gasteiger partial charge >= 0.3 is 0 Å². The summed E-state index contributed by atoms with van der Waals surface area (Å²) in [6.07, 6.45) is 11.3. The predicted octanol–water partition coefficient (Wildman–Crippen LogP) is 4.65. The second-order valence-electron chi connectivity index (χ2n) is 3.49. The zero-order chi connectivity index (χ0) is 10.1. The summed E-state index contributed by atoms with van der Waals surface area (Å²) in [7, 11) is 0. The number of hydrogen-bond acceptors (Lipinski definition) is 0. The molecule has 0 heterocycles. The van der Waals surface area contributed by atoms with Crippen LogP contribution in [0.3, 0.4) is 0 Å². The Morgan fingerprint density at radius 3 is 2.46 bits per heavy atom. The second kappa shape index (κ2) is 7.85. The normalized spacial score (nSPS) is 12.4. The second-order valence-corrected chi connectivity index (χ2v) is 3.49. The Morgan fingerprint density at radius 2 is 1.92 bits per heavy atom. The fourth-order valence-corrected chi connectivity index (χ4v) is 1.20. The summed E-state index contributed by atoms with van der Waals surface area (Å²) >= 11 is 0. The molecule has 0 atom stereocenters. The van der Waals surface area contributed by atoms with E-state index >= 15 is 0 Å². The summed E-state index contributed by atoms with van der Waals surface area (Å²) in [5, 5.41) is 0. The Hall–Kier alpha value is -0.780. The van der Waals surface area contributed by atoms with E-state index in [2.05, 4.69) is 45.6 Å². The number of unbranched alkanes of at least 4 members (excludes halogenated alkanes) is 1. The lowest BCUT2D eigenvalue weighted by Crippen LogP contribution is -1.76. The molecule has 0 aromatic heterocycles. The van der Waals surface area contributed by atoms with Gasteiger partial charge in [0.25, 0.3) is 0 Å². The highest BCUT2D eigenvalue weighted by atomic mass is 13.9. The molecule has 0 heteroatoms. The zero-order valence-electron chi connectivity index (χ0n) is 9.27. The third-order valence-corrected chi connectivity index (χ3v) is 1.84. The maximum atomic E-state index is 4.00. The molecule has 0 saturated heterocycles. The molecule has 0 amide bonds. The van der Waals surface area contributed by atoms with Gasteiger partial charge in [0.2, 0.25) is 0 Å². The first-order chi connectivity index (χ1) is 6.20. The van der Waals surface area contributed by atoms with Crippen LogP contribution in [0.2, 0.25) is 0 Å². The number of hydrogen-bond donors (Lipinski definition) is 0. The van der Waals surface area contributed by atoms with E-state index in [-0.39, 0.29) is 0 Å². The van der Waals surface area contributed by atoms with Crippen LogP contribution in [0, 0.1) is 0 Å². The SMILES string of the molecule is C=C(/C=C(C)\C=C/CCC)CCC. The Labute approximate surface area is 83.0 Å². The van der Waals surface area contributed by atoms with Crippen molar-refractivity contribution in [2.24, 2.45) is 0 Å². The molecule has 0 spiro atoms. The topological polar surface area (TPSA) is 0 Å². The van der Waals surface area contributed by atoms with Crippen molar-refractivity contribution in [3.8, 4) is 0 Å². The molecule has 0 saturated carbocycles. The van der Waals surface area contributed by atoms with E-state index in [1.807, 2.05) is 0 Å². The molecular formula is C13H22. The Balaban J connectivity index is 3.93. The minimum absolute atomic E-state index is 1.11. The maximum Gasteiger partial charge on any atom is -0.0287 e. The summed E-state index contributed by atoms with van der Waals surface area (Å²) < 4.78 is 0. The van der Waals surface area contributed by atoms with Crippen molar-refractivity contribution in [3.63, 3.8) is 0 Å². The quantitative estimate of drug-likeness (QED) is 0.519. The minimum Gasteiger partial charge on any atom is -0.0958 e. The van der Waals surface area contributed by atoms with Gasteiger partial charge in [-0.25, -0.2) is 0 Å². The summed E-state index contributed by atoms with van der Waals surface area (Å²) in [4.78, 5) is 0. The summed E-state index contributed by atoms with van der Waals surface area (Å²) in [6.45, 7) is 10.5. The molecule has 0 aromatic rings. The molecule has 74 valence electrons. The van der Waals surface area contributed by atoms with Crippen LogP contribution in [0.5, 0.6) is 0 Å². The van der Waals surface area contributed by atoms with Gasteiger partial charge in [-0.1, -0.05) is 62.6 Å². The number of rotatable bonds is 6. The van der Waals surface area contributed by atoms with E-state index in [1.165, 1.54) is 30.4 Å². The van der Waals surface area contributed by atoms with Crippen molar-refractivity contribution < 1.29 is 0 Å². The van der Waals surface area contributed by atoms with Gasteiger partial charge in [-0.15, -0.1) is 0 Å². The molecule has 0 radical (unpaired) electrons. The van der Waals surface area contributed by atoms with E-state index in [4.69, 9.17) is 0 Å². The van der Waals surface area contributed by atoms with Gasteiger partial charge in [0, 0.05) is 0 Å². The molecule has 0 nitrogen and oxygen atoms in total. The fraction of sp³-hybridized carbons (Fsp3) is 0.538. The average molecular weight is 178 g/mol. The average Bonchev–Trinajstić information content (AvgIpc) is 2.05. The third kappa shape index (κ3) is 7.58. The monoisotopic (exact) mass is 178 g/mol. The summed E-state index contributed by atoms with van der Waals surface area (Å²) in [5.74, 6) is 0. The van der Waals surface area contributed by atoms with E-state index in [0.717, 1.165) is 6.42 Å². The minimum atomic E-state index is 1.11. The smallest absolute Gasteiger partial charge is 0.0287 e. The zero-order valence-corrected chi connectivity index (χ0v) is 9.27. The van der Waals surface area contributed by atoms with E-state index in [1.54, 1.807) is 0 Å². The molecule has 0 rings (SSSR count). The first-order valence-electron chi connectivity index (χ1n) is 5.23. The molecule has 0 bridgehead atoms. The lowest BCUT2D eigenvalue weighted by molar-refractivity contribution is 0.928. The standard InChI is InChI=1S/C13H22/c1-5-7-8-10-13(4)11-12(3)9-6-2/h8,10-11H,3,5-7,9H2,1-2,4H3/b10-8-,13-11-. The molecule has 0 aliphatic rings. The van der Waals surface area contributed by atoms with E-state index < -0.39 is 0 Å². The van der Waals surface area contributed by atoms with Gasteiger partial charge in [0.1, 0.15) is 0 Å². The van der Waals surface area contributed by atoms with Gasteiger partial charge in [-0.2, -0.15) is 0 Å². The molecule has 0 aliphatic carbocycles. The van der Waals surface area contributed by atoms with Crippen LogP contribution >= 0.6 is 0 Å². The van der Waals surface area contributed by atoms with Crippen molar-refractivity contribution in [2.45, 2.75) is 46.5 Å². The highest BCUT2D eigenvalue weighted by Gasteiger charge is 1.87. The molecule has 0 fully saturated rings. The van der Waals surface area contributed by atoms with Crippen LogP contribution in [-0.2, 0) is 0 Å². The van der Waals surface area contributed by atoms with Crippen LogP contribution in [0.15, 0.2) is 36.0 Å². The Kier molecular flexibility index (Phi) is 7.38. The summed E-state index contributed by atoms with van der Waals surface area (Å²) in [5.41, 5.74) is 2.55. The van der Waals surface area contributed by atoms with Crippen molar-refractivity contribution in [1.82, 2.24) is 0 Å². The fourth-order valence-electron chi connectivity index (χ4n) is 1.20. The molecular weight excluding hydrogens is 156 g/mol. The van der Waals surface area contributed by atoms with Gasteiger partial charge in [0.05, 0.1) is 0 Å². The van der Waals surface area contributed by atoms with Crippen LogP contribution < -0.4 is 0 Å². The third-order valence-electron chi connectivity index (χ3n) is 1.84. The largest absolute Gasteiger partial charge is 0.0958 e. The lowest BCUT2D eigenvalue weighted by atomic mass is 10.1.